The minimum Gasteiger partial charge on any atom is -0.444 e. The highest BCUT2D eigenvalue weighted by molar-refractivity contribution is 5.68. The van der Waals surface area contributed by atoms with E-state index in [0.29, 0.717) is 0 Å². The maximum absolute atomic E-state index is 11.4. The molecule has 0 bridgehead atoms. The van der Waals surface area contributed by atoms with Crippen molar-refractivity contribution in [3.05, 3.63) is 0 Å². The number of hydrogen-bond acceptors (Lipinski definition) is 3. The Hall–Kier alpha value is -0.770. The lowest BCUT2D eigenvalue weighted by Gasteiger charge is -2.24. The summed E-state index contributed by atoms with van der Waals surface area (Å²) in [4.78, 5) is 11.4. The molecule has 4 heteroatoms. The third-order valence-electron chi connectivity index (χ3n) is 1.50. The lowest BCUT2D eigenvalue weighted by Crippen LogP contribution is -2.43. The predicted molar refractivity (Wildman–Crippen MR) is 55.1 cm³/mol. The predicted octanol–water partition coefficient (Wildman–Crippen LogP) is 1.53. The molecule has 0 heterocycles. The van der Waals surface area contributed by atoms with Gasteiger partial charge in [-0.25, -0.2) is 4.79 Å². The molecule has 2 N–H and O–H groups in total. The summed E-state index contributed by atoms with van der Waals surface area (Å²) in [5, 5.41) is 11.4. The van der Waals surface area contributed by atoms with Crippen molar-refractivity contribution in [2.75, 3.05) is 6.61 Å². The first-order valence-corrected chi connectivity index (χ1v) is 4.57. The number of nitrogens with one attached hydrogen (secondary N) is 1. The van der Waals surface area contributed by atoms with Gasteiger partial charge in [0.1, 0.15) is 5.60 Å². The van der Waals surface area contributed by atoms with Crippen LogP contribution in [0, 0.1) is 5.92 Å². The van der Waals surface area contributed by atoms with Crippen molar-refractivity contribution < 1.29 is 18.8 Å². The van der Waals surface area contributed by atoms with E-state index in [1.807, 2.05) is 0 Å². The van der Waals surface area contributed by atoms with Crippen molar-refractivity contribution >= 4 is 6.09 Å². The summed E-state index contributed by atoms with van der Waals surface area (Å²) >= 11 is 0. The Kier molecular flexibility index (Phi) is 3.17. The van der Waals surface area contributed by atoms with Crippen LogP contribution in [0.5, 0.6) is 0 Å². The molecule has 0 aliphatic rings. The van der Waals surface area contributed by atoms with Gasteiger partial charge >= 0.3 is 6.09 Å². The molecule has 0 radical (unpaired) electrons. The van der Waals surface area contributed by atoms with E-state index in [2.05, 4.69) is 5.32 Å². The molecule has 0 aromatic rings. The van der Waals surface area contributed by atoms with Gasteiger partial charge in [0.2, 0.25) is 0 Å². The van der Waals surface area contributed by atoms with Gasteiger partial charge in [-0.05, 0) is 26.7 Å². The van der Waals surface area contributed by atoms with E-state index in [9.17, 15) is 4.79 Å². The molecule has 0 saturated carbocycles. The van der Waals surface area contributed by atoms with Gasteiger partial charge in [-0.2, -0.15) is 0 Å². The molecule has 0 rings (SSSR count). The SMILES string of the molecule is [2H]C([2H])([2H])C(C)[C@@H](CO)NC(=O)OC(C)(C)C. The minimum atomic E-state index is -2.23. The van der Waals surface area contributed by atoms with Gasteiger partial charge in [0.25, 0.3) is 0 Å². The molecule has 84 valence electrons. The van der Waals surface area contributed by atoms with Crippen LogP contribution in [0.25, 0.3) is 0 Å². The maximum Gasteiger partial charge on any atom is 0.407 e. The number of ether oxygens (including phenoxy) is 1. The molecule has 4 nitrogen and oxygen atoms in total. The molecule has 0 aromatic heterocycles. The summed E-state index contributed by atoms with van der Waals surface area (Å²) in [6, 6.07) is -0.850. The first-order chi connectivity index (χ1) is 7.47. The average Bonchev–Trinajstić information content (AvgIpc) is 2.08. The quantitative estimate of drug-likeness (QED) is 0.736. The second-order valence-electron chi connectivity index (χ2n) is 4.22. The largest absolute Gasteiger partial charge is 0.444 e. The van der Waals surface area contributed by atoms with Crippen molar-refractivity contribution in [1.82, 2.24) is 5.32 Å². The number of hydrogen-bond donors (Lipinski definition) is 2. The monoisotopic (exact) mass is 206 g/mol. The van der Waals surface area contributed by atoms with Crippen LogP contribution in [0.15, 0.2) is 0 Å². The van der Waals surface area contributed by atoms with Crippen LogP contribution in [0.3, 0.4) is 0 Å². The summed E-state index contributed by atoms with van der Waals surface area (Å²) < 4.78 is 26.7. The highest BCUT2D eigenvalue weighted by Crippen LogP contribution is 2.08. The molecular formula is C10H21NO3. The first kappa shape index (κ1) is 8.53. The molecular weight excluding hydrogens is 182 g/mol. The van der Waals surface area contributed by atoms with Crippen molar-refractivity contribution in [3.63, 3.8) is 0 Å². The van der Waals surface area contributed by atoms with Crippen molar-refractivity contribution in [3.8, 4) is 0 Å². The van der Waals surface area contributed by atoms with E-state index in [-0.39, 0.29) is 0 Å². The Morgan fingerprint density at radius 1 is 1.64 bits per heavy atom. The van der Waals surface area contributed by atoms with Crippen LogP contribution in [-0.4, -0.2) is 29.4 Å². The van der Waals surface area contributed by atoms with E-state index in [1.165, 1.54) is 6.92 Å². The number of carbonyl (C=O) groups is 1. The van der Waals surface area contributed by atoms with E-state index < -0.39 is 37.1 Å². The molecule has 0 aliphatic carbocycles. The molecule has 0 saturated heterocycles. The fourth-order valence-corrected chi connectivity index (χ4v) is 0.788. The van der Waals surface area contributed by atoms with E-state index in [1.54, 1.807) is 20.8 Å². The topological polar surface area (TPSA) is 58.6 Å². The van der Waals surface area contributed by atoms with Crippen LogP contribution in [0.2, 0.25) is 0 Å². The molecule has 2 atom stereocenters. The summed E-state index contributed by atoms with van der Waals surface area (Å²) in [6.07, 6.45) is -0.729. The molecule has 1 amide bonds. The third-order valence-corrected chi connectivity index (χ3v) is 1.50. The van der Waals surface area contributed by atoms with Crippen LogP contribution in [-0.2, 0) is 4.74 Å². The molecule has 0 aliphatic heterocycles. The number of alkyl carbamates (subject to hydrolysis) is 1. The maximum atomic E-state index is 11.4. The number of rotatable bonds is 3. The van der Waals surface area contributed by atoms with E-state index in [4.69, 9.17) is 14.0 Å². The Morgan fingerprint density at radius 2 is 2.21 bits per heavy atom. The lowest BCUT2D eigenvalue weighted by atomic mass is 10.1. The number of aliphatic hydroxyl groups excluding tert-OH is 1. The summed E-state index contributed by atoms with van der Waals surface area (Å²) in [7, 11) is 0. The number of aliphatic hydroxyl groups is 1. The lowest BCUT2D eigenvalue weighted by molar-refractivity contribution is 0.0462. The highest BCUT2D eigenvalue weighted by atomic mass is 16.6. The zero-order chi connectivity index (χ0) is 13.9. The summed E-state index contributed by atoms with van der Waals surface area (Å²) in [6.45, 7) is 3.88. The second-order valence-corrected chi connectivity index (χ2v) is 4.22. The molecule has 0 fully saturated rings. The van der Waals surface area contributed by atoms with E-state index in [0.717, 1.165) is 0 Å². The fourth-order valence-electron chi connectivity index (χ4n) is 0.788. The Morgan fingerprint density at radius 3 is 2.57 bits per heavy atom. The number of amides is 1. The molecule has 14 heavy (non-hydrogen) atoms. The third kappa shape index (κ3) is 5.80. The second kappa shape index (κ2) is 5.20. The fraction of sp³-hybridized carbons (Fsp3) is 0.900. The van der Waals surface area contributed by atoms with Crippen molar-refractivity contribution in [2.45, 2.75) is 46.2 Å². The van der Waals surface area contributed by atoms with Gasteiger partial charge in [-0.15, -0.1) is 0 Å². The van der Waals surface area contributed by atoms with Gasteiger partial charge in [0, 0.05) is 4.11 Å². The van der Waals surface area contributed by atoms with Gasteiger partial charge < -0.3 is 15.2 Å². The minimum absolute atomic E-state index is 0.446. The van der Waals surface area contributed by atoms with Crippen molar-refractivity contribution in [1.29, 1.82) is 0 Å². The summed E-state index contributed by atoms with van der Waals surface area (Å²) in [5.74, 6) is -0.847. The Bertz CT molecular complexity index is 261. The molecule has 1 unspecified atom stereocenters. The van der Waals surface area contributed by atoms with Crippen LogP contribution in [0.4, 0.5) is 4.79 Å². The standard InChI is InChI=1S/C10H21NO3/c1-7(2)8(6-12)11-9(13)14-10(3,4)5/h7-8,12H,6H2,1-5H3,(H,11,13)/t8-/m1/s1/i1D3/t7?,8-. The van der Waals surface area contributed by atoms with Gasteiger partial charge in [0.05, 0.1) is 12.6 Å². The van der Waals surface area contributed by atoms with Gasteiger partial charge in [0.15, 0.2) is 0 Å². The smallest absolute Gasteiger partial charge is 0.407 e. The average molecular weight is 206 g/mol. The van der Waals surface area contributed by atoms with Gasteiger partial charge in [-0.1, -0.05) is 13.8 Å². The first-order valence-electron chi connectivity index (χ1n) is 6.07. The van der Waals surface area contributed by atoms with Crippen molar-refractivity contribution in [2.24, 2.45) is 5.92 Å². The highest BCUT2D eigenvalue weighted by Gasteiger charge is 2.20. The van der Waals surface area contributed by atoms with Crippen LogP contribution >= 0.6 is 0 Å². The zero-order valence-electron chi connectivity index (χ0n) is 12.1. The summed E-state index contributed by atoms with van der Waals surface area (Å²) in [5.41, 5.74) is -0.659. The van der Waals surface area contributed by atoms with E-state index >= 15 is 0 Å². The normalized spacial score (nSPS) is 19.9. The molecule has 0 spiro atoms. The zero-order valence-corrected chi connectivity index (χ0v) is 9.13. The Labute approximate surface area is 89.9 Å². The van der Waals surface area contributed by atoms with Gasteiger partial charge in [-0.3, -0.25) is 0 Å². The van der Waals surface area contributed by atoms with Crippen LogP contribution < -0.4 is 5.32 Å². The Balaban J connectivity index is 4.47. The number of carbonyl (C=O) groups excluding carboxylic acids is 1. The molecule has 0 aromatic carbocycles. The van der Waals surface area contributed by atoms with Crippen LogP contribution in [0.1, 0.15) is 38.7 Å².